The second-order valence-electron chi connectivity index (χ2n) is 7.85. The van der Waals surface area contributed by atoms with E-state index in [2.05, 4.69) is 5.32 Å². The molecule has 0 atom stereocenters. The molecular formula is C23H23Cl2N3O4. The van der Waals surface area contributed by atoms with Gasteiger partial charge in [-0.3, -0.25) is 14.4 Å². The van der Waals surface area contributed by atoms with E-state index in [1.807, 2.05) is 0 Å². The summed E-state index contributed by atoms with van der Waals surface area (Å²) in [7, 11) is 0. The van der Waals surface area contributed by atoms with E-state index < -0.39 is 0 Å². The van der Waals surface area contributed by atoms with E-state index in [0.717, 1.165) is 12.8 Å². The van der Waals surface area contributed by atoms with Crippen molar-refractivity contribution in [3.05, 3.63) is 58.1 Å². The number of carbonyl (C=O) groups is 3. The Bertz CT molecular complexity index is 1030. The minimum Gasteiger partial charge on any atom is -0.484 e. The summed E-state index contributed by atoms with van der Waals surface area (Å²) in [6.45, 7) is 1.49. The molecule has 0 aromatic heterocycles. The second-order valence-corrected chi connectivity index (χ2v) is 8.64. The smallest absolute Gasteiger partial charge is 0.260 e. The van der Waals surface area contributed by atoms with Gasteiger partial charge in [-0.15, -0.1) is 0 Å². The highest BCUT2D eigenvalue weighted by Gasteiger charge is 2.29. The molecule has 1 heterocycles. The zero-order chi connectivity index (χ0) is 22.7. The van der Waals surface area contributed by atoms with E-state index in [1.165, 1.54) is 0 Å². The van der Waals surface area contributed by atoms with Crippen molar-refractivity contribution in [2.45, 2.75) is 12.8 Å². The van der Waals surface area contributed by atoms with Crippen molar-refractivity contribution in [1.82, 2.24) is 9.80 Å². The van der Waals surface area contributed by atoms with Crippen LogP contribution in [-0.4, -0.2) is 60.3 Å². The lowest BCUT2D eigenvalue weighted by Crippen LogP contribution is -2.51. The van der Waals surface area contributed by atoms with Crippen LogP contribution in [0.25, 0.3) is 0 Å². The number of ether oxygens (including phenoxy) is 1. The molecule has 32 heavy (non-hydrogen) atoms. The number of benzene rings is 2. The average Bonchev–Trinajstić information content (AvgIpc) is 3.65. The van der Waals surface area contributed by atoms with E-state index in [0.29, 0.717) is 48.2 Å². The molecule has 2 aliphatic rings. The van der Waals surface area contributed by atoms with Crippen LogP contribution in [0.2, 0.25) is 10.0 Å². The van der Waals surface area contributed by atoms with Crippen LogP contribution >= 0.6 is 23.2 Å². The summed E-state index contributed by atoms with van der Waals surface area (Å²) >= 11 is 12.2. The van der Waals surface area contributed by atoms with E-state index in [9.17, 15) is 14.4 Å². The van der Waals surface area contributed by atoms with Crippen LogP contribution in [0, 0.1) is 5.92 Å². The lowest BCUT2D eigenvalue weighted by Gasteiger charge is -2.35. The fourth-order valence-corrected chi connectivity index (χ4v) is 3.87. The molecule has 1 aliphatic heterocycles. The maximum absolute atomic E-state index is 12.7. The molecule has 1 N–H and O–H groups in total. The van der Waals surface area contributed by atoms with Gasteiger partial charge >= 0.3 is 0 Å². The Kier molecular flexibility index (Phi) is 6.86. The van der Waals surface area contributed by atoms with E-state index in [1.54, 1.807) is 52.3 Å². The van der Waals surface area contributed by atoms with Crippen LogP contribution in [0.4, 0.5) is 5.69 Å². The Hall–Kier alpha value is -2.77. The Balaban J connectivity index is 1.26. The lowest BCUT2D eigenvalue weighted by atomic mass is 10.1. The average molecular weight is 476 g/mol. The van der Waals surface area contributed by atoms with Crippen molar-refractivity contribution >= 4 is 46.6 Å². The standard InChI is InChI=1S/C23H23Cl2N3O4/c24-19-6-2-5-18(21(19)25)23(31)28-11-9-27(10-12-28)20(29)14-32-17-4-1-3-16(13-17)26-22(30)15-7-8-15/h1-6,13,15H,7-12,14H2,(H,26,30). The Morgan fingerprint density at radius 1 is 0.969 bits per heavy atom. The van der Waals surface area contributed by atoms with E-state index in [4.69, 9.17) is 27.9 Å². The number of hydrogen-bond donors (Lipinski definition) is 1. The zero-order valence-electron chi connectivity index (χ0n) is 17.4. The maximum atomic E-state index is 12.7. The van der Waals surface area contributed by atoms with Gasteiger partial charge in [-0.25, -0.2) is 0 Å². The van der Waals surface area contributed by atoms with Crippen LogP contribution < -0.4 is 10.1 Å². The number of piperazine rings is 1. The minimum absolute atomic E-state index is 0.0182. The molecule has 0 bridgehead atoms. The SMILES string of the molecule is O=C(Nc1cccc(OCC(=O)N2CCN(C(=O)c3cccc(Cl)c3Cl)CC2)c1)C1CC1. The van der Waals surface area contributed by atoms with Crippen molar-refractivity contribution in [3.63, 3.8) is 0 Å². The summed E-state index contributed by atoms with van der Waals surface area (Å²) in [5, 5.41) is 3.43. The number of rotatable bonds is 6. The molecule has 0 spiro atoms. The summed E-state index contributed by atoms with van der Waals surface area (Å²) in [5.74, 6) is 0.277. The van der Waals surface area contributed by atoms with Crippen molar-refractivity contribution in [2.24, 2.45) is 5.92 Å². The van der Waals surface area contributed by atoms with Gasteiger partial charge < -0.3 is 19.9 Å². The highest BCUT2D eigenvalue weighted by Crippen LogP contribution is 2.30. The zero-order valence-corrected chi connectivity index (χ0v) is 18.9. The fraction of sp³-hybridized carbons (Fsp3) is 0.348. The first-order chi connectivity index (χ1) is 15.4. The molecule has 0 unspecified atom stereocenters. The third kappa shape index (κ3) is 5.34. The second kappa shape index (κ2) is 9.79. The first-order valence-electron chi connectivity index (χ1n) is 10.5. The molecule has 2 fully saturated rings. The van der Waals surface area contributed by atoms with E-state index >= 15 is 0 Å². The van der Waals surface area contributed by atoms with E-state index in [-0.39, 0.29) is 35.3 Å². The monoisotopic (exact) mass is 475 g/mol. The summed E-state index contributed by atoms with van der Waals surface area (Å²) in [5.41, 5.74) is 1.01. The van der Waals surface area contributed by atoms with Crippen molar-refractivity contribution in [1.29, 1.82) is 0 Å². The summed E-state index contributed by atoms with van der Waals surface area (Å²) in [6.07, 6.45) is 1.86. The number of halogens is 2. The third-order valence-corrected chi connectivity index (χ3v) is 6.33. The van der Waals surface area contributed by atoms with Crippen LogP contribution in [0.5, 0.6) is 5.75 Å². The summed E-state index contributed by atoms with van der Waals surface area (Å²) in [6, 6.07) is 12.0. The molecule has 4 rings (SSSR count). The molecule has 9 heteroatoms. The number of anilines is 1. The van der Waals surface area contributed by atoms with Crippen molar-refractivity contribution < 1.29 is 19.1 Å². The highest BCUT2D eigenvalue weighted by atomic mass is 35.5. The number of hydrogen-bond acceptors (Lipinski definition) is 4. The van der Waals surface area contributed by atoms with Crippen LogP contribution in [0.1, 0.15) is 23.2 Å². The predicted molar refractivity (Wildman–Crippen MR) is 122 cm³/mol. The van der Waals surface area contributed by atoms with Gasteiger partial charge in [-0.05, 0) is 37.1 Å². The molecule has 7 nitrogen and oxygen atoms in total. The molecule has 1 saturated heterocycles. The first-order valence-corrected chi connectivity index (χ1v) is 11.2. The van der Waals surface area contributed by atoms with Crippen molar-refractivity contribution in [3.8, 4) is 5.75 Å². The molecule has 1 aliphatic carbocycles. The van der Waals surface area contributed by atoms with Gasteiger partial charge in [0.05, 0.1) is 15.6 Å². The van der Waals surface area contributed by atoms with Crippen LogP contribution in [0.3, 0.4) is 0 Å². The van der Waals surface area contributed by atoms with Crippen LogP contribution in [0.15, 0.2) is 42.5 Å². The summed E-state index contributed by atoms with van der Waals surface area (Å²) in [4.78, 5) is 40.5. The Morgan fingerprint density at radius 2 is 1.66 bits per heavy atom. The fourth-order valence-electron chi connectivity index (χ4n) is 3.49. The number of nitrogens with zero attached hydrogens (tertiary/aromatic N) is 2. The summed E-state index contributed by atoms with van der Waals surface area (Å²) < 4.78 is 5.64. The molecule has 3 amide bonds. The van der Waals surface area contributed by atoms with Gasteiger partial charge in [-0.2, -0.15) is 0 Å². The topological polar surface area (TPSA) is 79.0 Å². The highest BCUT2D eigenvalue weighted by molar-refractivity contribution is 6.43. The number of amides is 3. The predicted octanol–water partition coefficient (Wildman–Crippen LogP) is 3.71. The van der Waals surface area contributed by atoms with Gasteiger partial charge in [0.2, 0.25) is 5.91 Å². The molecule has 2 aromatic carbocycles. The van der Waals surface area contributed by atoms with Gasteiger partial charge in [-0.1, -0.05) is 35.3 Å². The Morgan fingerprint density at radius 3 is 2.38 bits per heavy atom. The molecular weight excluding hydrogens is 453 g/mol. The molecule has 0 radical (unpaired) electrons. The first kappa shape index (κ1) is 22.4. The minimum atomic E-state index is -0.203. The van der Waals surface area contributed by atoms with Gasteiger partial charge in [0.15, 0.2) is 6.61 Å². The van der Waals surface area contributed by atoms with Gasteiger partial charge in [0.1, 0.15) is 5.75 Å². The number of carbonyl (C=O) groups excluding carboxylic acids is 3. The molecule has 168 valence electrons. The van der Waals surface area contributed by atoms with Crippen molar-refractivity contribution in [2.75, 3.05) is 38.1 Å². The normalized spacial score (nSPS) is 15.9. The number of nitrogens with one attached hydrogen (secondary N) is 1. The quantitative estimate of drug-likeness (QED) is 0.690. The maximum Gasteiger partial charge on any atom is 0.260 e. The van der Waals surface area contributed by atoms with Gasteiger partial charge in [0.25, 0.3) is 11.8 Å². The Labute approximate surface area is 196 Å². The molecule has 2 aromatic rings. The lowest BCUT2D eigenvalue weighted by molar-refractivity contribution is -0.134. The van der Waals surface area contributed by atoms with Gasteiger partial charge in [0, 0.05) is 43.9 Å². The van der Waals surface area contributed by atoms with Crippen LogP contribution in [-0.2, 0) is 9.59 Å². The molecule has 1 saturated carbocycles. The largest absolute Gasteiger partial charge is 0.484 e. The third-order valence-electron chi connectivity index (χ3n) is 5.51.